The highest BCUT2D eigenvalue weighted by Gasteiger charge is 2.26. The van der Waals surface area contributed by atoms with Crippen molar-refractivity contribution >= 4 is 46.9 Å². The molecule has 0 unspecified atom stereocenters. The van der Waals surface area contributed by atoms with Crippen molar-refractivity contribution in [3.8, 4) is 0 Å². The zero-order chi connectivity index (χ0) is 18.1. The van der Waals surface area contributed by atoms with Crippen LogP contribution in [0.4, 0.5) is 5.82 Å². The minimum atomic E-state index is -0.0295. The number of amides is 1. The second-order valence-electron chi connectivity index (χ2n) is 6.96. The number of rotatable bonds is 3. The largest absolute Gasteiger partial charge is 0.347 e. The lowest BCUT2D eigenvalue weighted by Crippen LogP contribution is -2.49. The van der Waals surface area contributed by atoms with Crippen molar-refractivity contribution in [1.82, 2.24) is 20.3 Å². The third-order valence-corrected chi connectivity index (χ3v) is 6.13. The van der Waals surface area contributed by atoms with Gasteiger partial charge in [-0.05, 0) is 25.3 Å². The predicted molar refractivity (Wildman–Crippen MR) is 112 cm³/mol. The average molecular weight is 409 g/mol. The first-order valence-corrected chi connectivity index (χ1v) is 10.1. The Morgan fingerprint density at radius 1 is 1.37 bits per heavy atom. The van der Waals surface area contributed by atoms with Gasteiger partial charge in [0, 0.05) is 36.8 Å². The second-order valence-corrected chi connectivity index (χ2v) is 8.09. The Labute approximate surface area is 169 Å². The van der Waals surface area contributed by atoms with Crippen molar-refractivity contribution in [2.24, 2.45) is 5.73 Å². The van der Waals surface area contributed by atoms with Gasteiger partial charge in [-0.25, -0.2) is 9.97 Å². The molecule has 3 heterocycles. The number of carbonyl (C=O) groups excluding carboxylic acids is 1. The average Bonchev–Trinajstić information content (AvgIpc) is 3.05. The molecule has 27 heavy (non-hydrogen) atoms. The summed E-state index contributed by atoms with van der Waals surface area (Å²) in [5.74, 6) is 1.65. The number of hydrogen-bond acceptors (Lipinski definition) is 6. The van der Waals surface area contributed by atoms with E-state index in [1.54, 1.807) is 18.1 Å². The molecule has 9 heteroatoms. The zero-order valence-electron chi connectivity index (χ0n) is 15.3. The molecule has 1 aliphatic heterocycles. The lowest BCUT2D eigenvalue weighted by atomic mass is 9.91. The van der Waals surface area contributed by atoms with E-state index >= 15 is 0 Å². The van der Waals surface area contributed by atoms with Gasteiger partial charge in [0.05, 0.1) is 10.3 Å². The fourth-order valence-corrected chi connectivity index (χ4v) is 4.58. The summed E-state index contributed by atoms with van der Waals surface area (Å²) in [4.78, 5) is 27.4. The number of anilines is 1. The van der Waals surface area contributed by atoms with Gasteiger partial charge < -0.3 is 20.9 Å². The first-order chi connectivity index (χ1) is 12.6. The molecule has 146 valence electrons. The summed E-state index contributed by atoms with van der Waals surface area (Å²) in [5.41, 5.74) is 8.09. The SMILES string of the molecule is Cc1c[nH]c2ncnc(N3C=C(C(=O)N[C@@H]4CCCC[C@H]4N)SCC3)c12.Cl. The van der Waals surface area contributed by atoms with Crippen LogP contribution in [0, 0.1) is 6.92 Å². The molecule has 7 nitrogen and oxygen atoms in total. The van der Waals surface area contributed by atoms with E-state index in [1.165, 1.54) is 0 Å². The van der Waals surface area contributed by atoms with E-state index in [2.05, 4.69) is 25.2 Å². The molecule has 2 aromatic rings. The maximum Gasteiger partial charge on any atom is 0.259 e. The fourth-order valence-electron chi connectivity index (χ4n) is 3.68. The lowest BCUT2D eigenvalue weighted by molar-refractivity contribution is -0.117. The maximum atomic E-state index is 12.7. The molecule has 2 aromatic heterocycles. The quantitative estimate of drug-likeness (QED) is 0.721. The molecule has 1 fully saturated rings. The molecule has 4 N–H and O–H groups in total. The van der Waals surface area contributed by atoms with Crippen LogP contribution in [0.1, 0.15) is 31.2 Å². The third-order valence-electron chi connectivity index (χ3n) is 5.14. The number of hydrogen-bond donors (Lipinski definition) is 3. The van der Waals surface area contributed by atoms with E-state index in [4.69, 9.17) is 5.73 Å². The number of aromatic amines is 1. The molecule has 1 saturated carbocycles. The Hall–Kier alpha value is -1.77. The summed E-state index contributed by atoms with van der Waals surface area (Å²) in [6, 6.07) is 0.132. The third kappa shape index (κ3) is 4.07. The number of nitrogens with zero attached hydrogens (tertiary/aromatic N) is 3. The highest BCUT2D eigenvalue weighted by Crippen LogP contribution is 2.31. The minimum Gasteiger partial charge on any atom is -0.347 e. The van der Waals surface area contributed by atoms with Crippen LogP contribution in [0.5, 0.6) is 0 Å². The van der Waals surface area contributed by atoms with Crippen molar-refractivity contribution in [1.29, 1.82) is 0 Å². The summed E-state index contributed by atoms with van der Waals surface area (Å²) in [7, 11) is 0. The first kappa shape index (κ1) is 20.0. The predicted octanol–water partition coefficient (Wildman–Crippen LogP) is 2.47. The van der Waals surface area contributed by atoms with Crippen LogP contribution in [-0.2, 0) is 4.79 Å². The summed E-state index contributed by atoms with van der Waals surface area (Å²) in [6.07, 6.45) is 9.62. The lowest BCUT2D eigenvalue weighted by Gasteiger charge is -2.31. The van der Waals surface area contributed by atoms with E-state index in [1.807, 2.05) is 19.3 Å². The van der Waals surface area contributed by atoms with Crippen molar-refractivity contribution in [2.75, 3.05) is 17.2 Å². The number of nitrogens with one attached hydrogen (secondary N) is 2. The number of halogens is 1. The van der Waals surface area contributed by atoms with Crippen molar-refractivity contribution < 1.29 is 4.79 Å². The Bertz CT molecular complexity index is 853. The number of thioether (sulfide) groups is 1. The topological polar surface area (TPSA) is 99.9 Å². The monoisotopic (exact) mass is 408 g/mol. The standard InChI is InChI=1S/C18H24N6OS.ClH/c1-11-8-20-16-15(11)17(22-10-21-16)24-6-7-26-14(9-24)18(25)23-13-5-3-2-4-12(13)19;/h8-10,12-13H,2-7,19H2,1H3,(H,23,25)(H,20,21,22);1H/t12-,13-;/m1./s1. The van der Waals surface area contributed by atoms with Gasteiger partial charge in [-0.3, -0.25) is 4.79 Å². The number of nitrogens with two attached hydrogens (primary N) is 1. The maximum absolute atomic E-state index is 12.7. The Kier molecular flexibility index (Phi) is 6.29. The van der Waals surface area contributed by atoms with Crippen molar-refractivity contribution in [3.63, 3.8) is 0 Å². The fraction of sp³-hybridized carbons (Fsp3) is 0.500. The number of H-pyrrole nitrogens is 1. The molecular formula is C18H25ClN6OS. The van der Waals surface area contributed by atoms with Gasteiger partial charge in [-0.15, -0.1) is 24.2 Å². The number of fused-ring (bicyclic) bond motifs is 1. The molecule has 2 atom stereocenters. The highest BCUT2D eigenvalue weighted by molar-refractivity contribution is 8.04. The van der Waals surface area contributed by atoms with Crippen LogP contribution in [0.2, 0.25) is 0 Å². The molecule has 4 rings (SSSR count). The Morgan fingerprint density at radius 2 is 2.19 bits per heavy atom. The normalized spacial score (nSPS) is 22.9. The van der Waals surface area contributed by atoms with Crippen LogP contribution >= 0.6 is 24.2 Å². The van der Waals surface area contributed by atoms with Gasteiger partial charge >= 0.3 is 0 Å². The summed E-state index contributed by atoms with van der Waals surface area (Å²) in [6.45, 7) is 2.84. The zero-order valence-corrected chi connectivity index (χ0v) is 16.9. The molecule has 2 aliphatic rings. The number of aromatic nitrogens is 3. The van der Waals surface area contributed by atoms with Crippen molar-refractivity contribution in [3.05, 3.63) is 29.2 Å². The molecular weight excluding hydrogens is 384 g/mol. The number of aryl methyl sites for hydroxylation is 1. The Balaban J connectivity index is 0.00000210. The molecule has 1 aliphatic carbocycles. The highest BCUT2D eigenvalue weighted by atomic mass is 35.5. The van der Waals surface area contributed by atoms with Crippen LogP contribution in [-0.4, -0.2) is 45.2 Å². The molecule has 0 spiro atoms. The molecule has 0 radical (unpaired) electrons. The van der Waals surface area contributed by atoms with Gasteiger partial charge in [-0.1, -0.05) is 12.8 Å². The summed E-state index contributed by atoms with van der Waals surface area (Å²) < 4.78 is 0. The van der Waals surface area contributed by atoms with Crippen LogP contribution < -0.4 is 16.0 Å². The van der Waals surface area contributed by atoms with Crippen molar-refractivity contribution in [2.45, 2.75) is 44.7 Å². The molecule has 0 saturated heterocycles. The molecule has 0 aromatic carbocycles. The summed E-state index contributed by atoms with van der Waals surface area (Å²) >= 11 is 1.59. The first-order valence-electron chi connectivity index (χ1n) is 9.10. The minimum absolute atomic E-state index is 0. The molecule has 1 amide bonds. The smallest absolute Gasteiger partial charge is 0.259 e. The van der Waals surface area contributed by atoms with Gasteiger partial charge in [0.25, 0.3) is 5.91 Å². The van der Waals surface area contributed by atoms with E-state index in [0.29, 0.717) is 4.91 Å². The van der Waals surface area contributed by atoms with E-state index in [0.717, 1.165) is 60.4 Å². The summed E-state index contributed by atoms with van der Waals surface area (Å²) in [5, 5.41) is 4.14. The molecule has 0 bridgehead atoms. The van der Waals surface area contributed by atoms with Gasteiger partial charge in [0.15, 0.2) is 0 Å². The Morgan fingerprint density at radius 3 is 3.00 bits per heavy atom. The van der Waals surface area contributed by atoms with Crippen LogP contribution in [0.25, 0.3) is 11.0 Å². The van der Waals surface area contributed by atoms with E-state index in [-0.39, 0.29) is 30.4 Å². The van der Waals surface area contributed by atoms with Gasteiger partial charge in [-0.2, -0.15) is 0 Å². The second kappa shape index (κ2) is 8.50. The van der Waals surface area contributed by atoms with Crippen LogP contribution in [0.15, 0.2) is 23.6 Å². The van der Waals surface area contributed by atoms with Gasteiger partial charge in [0.1, 0.15) is 17.8 Å². The van der Waals surface area contributed by atoms with E-state index < -0.39 is 0 Å². The van der Waals surface area contributed by atoms with Crippen LogP contribution in [0.3, 0.4) is 0 Å². The van der Waals surface area contributed by atoms with Gasteiger partial charge in [0.2, 0.25) is 0 Å². The van der Waals surface area contributed by atoms with E-state index in [9.17, 15) is 4.79 Å². The number of carbonyl (C=O) groups is 1.